The van der Waals surface area contributed by atoms with Gasteiger partial charge >= 0.3 is 0 Å². The zero-order valence-electron chi connectivity index (χ0n) is 11.3. The van der Waals surface area contributed by atoms with Gasteiger partial charge in [0.15, 0.2) is 0 Å². The zero-order valence-corrected chi connectivity index (χ0v) is 11.3. The maximum absolute atomic E-state index is 9.89. The van der Waals surface area contributed by atoms with Gasteiger partial charge in [0, 0.05) is 5.56 Å². The monoisotopic (exact) mass is 257 g/mol. The van der Waals surface area contributed by atoms with Gasteiger partial charge < -0.3 is 15.2 Å². The number of hydrogen-bond donors (Lipinski definition) is 2. The fraction of sp³-hybridized carbons (Fsp3) is 0.250. The molecule has 2 rings (SSSR count). The Morgan fingerprint density at radius 2 is 1.95 bits per heavy atom. The molecule has 2 aromatic carbocycles. The minimum atomic E-state index is 0.285. The summed E-state index contributed by atoms with van der Waals surface area (Å²) in [5.41, 5.74) is 2.94. The number of phenols is 1. The molecule has 2 N–H and O–H groups in total. The summed E-state index contributed by atoms with van der Waals surface area (Å²) in [7, 11) is 3.61. The van der Waals surface area contributed by atoms with E-state index in [4.69, 9.17) is 4.74 Å². The number of benzene rings is 2. The van der Waals surface area contributed by atoms with E-state index < -0.39 is 0 Å². The summed E-state index contributed by atoms with van der Waals surface area (Å²) in [4.78, 5) is 0. The maximum atomic E-state index is 9.89. The second-order valence-electron chi connectivity index (χ2n) is 4.40. The van der Waals surface area contributed by atoms with E-state index in [0.29, 0.717) is 0 Å². The van der Waals surface area contributed by atoms with Crippen LogP contribution >= 0.6 is 0 Å². The Kier molecular flexibility index (Phi) is 4.42. The van der Waals surface area contributed by atoms with Crippen LogP contribution in [-0.2, 0) is 6.42 Å². The van der Waals surface area contributed by atoms with Gasteiger partial charge in [-0.1, -0.05) is 30.3 Å². The van der Waals surface area contributed by atoms with Crippen LogP contribution in [0.3, 0.4) is 0 Å². The van der Waals surface area contributed by atoms with Crippen LogP contribution < -0.4 is 10.1 Å². The minimum absolute atomic E-state index is 0.285. The third-order valence-corrected chi connectivity index (χ3v) is 3.15. The molecule has 0 aromatic heterocycles. The molecule has 0 spiro atoms. The van der Waals surface area contributed by atoms with E-state index in [1.165, 1.54) is 0 Å². The van der Waals surface area contributed by atoms with Crippen LogP contribution in [0.5, 0.6) is 11.5 Å². The smallest absolute Gasteiger partial charge is 0.123 e. The molecule has 0 radical (unpaired) electrons. The number of ether oxygens (including phenoxy) is 1. The average Bonchev–Trinajstić information content (AvgIpc) is 2.45. The Morgan fingerprint density at radius 3 is 2.63 bits per heavy atom. The Bertz CT molecular complexity index is 552. The van der Waals surface area contributed by atoms with E-state index in [1.54, 1.807) is 13.2 Å². The fourth-order valence-corrected chi connectivity index (χ4v) is 2.10. The number of methoxy groups -OCH3 is 1. The summed E-state index contributed by atoms with van der Waals surface area (Å²) in [6.07, 6.45) is 0.917. The molecular formula is C16H19NO2. The number of rotatable bonds is 5. The molecule has 19 heavy (non-hydrogen) atoms. The Labute approximate surface area is 113 Å². The highest BCUT2D eigenvalue weighted by Crippen LogP contribution is 2.32. The first-order chi connectivity index (χ1) is 9.26. The van der Waals surface area contributed by atoms with E-state index in [0.717, 1.165) is 35.4 Å². The molecule has 0 saturated heterocycles. The van der Waals surface area contributed by atoms with Gasteiger partial charge in [-0.3, -0.25) is 0 Å². The van der Waals surface area contributed by atoms with E-state index >= 15 is 0 Å². The van der Waals surface area contributed by atoms with E-state index in [2.05, 4.69) is 11.4 Å². The lowest BCUT2D eigenvalue weighted by molar-refractivity contribution is 0.409. The maximum Gasteiger partial charge on any atom is 0.123 e. The van der Waals surface area contributed by atoms with Crippen molar-refractivity contribution in [2.24, 2.45) is 0 Å². The van der Waals surface area contributed by atoms with E-state index in [1.807, 2.05) is 37.4 Å². The standard InChI is InChI=1S/C16H19NO2/c1-17-10-9-12-7-8-13(11-16(12)19-2)14-5-3-4-6-15(14)18/h3-8,11,17-18H,9-10H2,1-2H3. The van der Waals surface area contributed by atoms with Crippen LogP contribution in [0.1, 0.15) is 5.56 Å². The van der Waals surface area contributed by atoms with Crippen molar-refractivity contribution in [3.63, 3.8) is 0 Å². The van der Waals surface area contributed by atoms with Gasteiger partial charge in [-0.25, -0.2) is 0 Å². The molecular weight excluding hydrogens is 238 g/mol. The van der Waals surface area contributed by atoms with Gasteiger partial charge in [0.1, 0.15) is 11.5 Å². The molecule has 3 nitrogen and oxygen atoms in total. The predicted molar refractivity (Wildman–Crippen MR) is 77.7 cm³/mol. The quantitative estimate of drug-likeness (QED) is 0.865. The lowest BCUT2D eigenvalue weighted by atomic mass is 10.0. The molecule has 0 aliphatic carbocycles. The first-order valence-corrected chi connectivity index (χ1v) is 6.36. The third kappa shape index (κ3) is 3.06. The summed E-state index contributed by atoms with van der Waals surface area (Å²) in [6, 6.07) is 13.4. The first-order valence-electron chi connectivity index (χ1n) is 6.36. The second-order valence-corrected chi connectivity index (χ2v) is 4.40. The molecule has 0 unspecified atom stereocenters. The van der Waals surface area contributed by atoms with Crippen molar-refractivity contribution in [3.05, 3.63) is 48.0 Å². The molecule has 0 saturated carbocycles. The molecule has 0 fully saturated rings. The molecule has 0 aliphatic rings. The van der Waals surface area contributed by atoms with Gasteiger partial charge in [0.25, 0.3) is 0 Å². The molecule has 0 atom stereocenters. The molecule has 0 bridgehead atoms. The van der Waals surface area contributed by atoms with Crippen molar-refractivity contribution in [3.8, 4) is 22.6 Å². The van der Waals surface area contributed by atoms with Crippen molar-refractivity contribution in [1.29, 1.82) is 0 Å². The van der Waals surface area contributed by atoms with Crippen LogP contribution in [0.25, 0.3) is 11.1 Å². The molecule has 0 aliphatic heterocycles. The highest BCUT2D eigenvalue weighted by molar-refractivity contribution is 5.71. The largest absolute Gasteiger partial charge is 0.507 e. The zero-order chi connectivity index (χ0) is 13.7. The highest BCUT2D eigenvalue weighted by atomic mass is 16.5. The van der Waals surface area contributed by atoms with Crippen LogP contribution in [0.2, 0.25) is 0 Å². The number of likely N-dealkylation sites (N-methyl/N-ethyl adjacent to an activating group) is 1. The molecule has 0 heterocycles. The summed E-state index contributed by atoms with van der Waals surface area (Å²) >= 11 is 0. The van der Waals surface area contributed by atoms with Gasteiger partial charge in [-0.15, -0.1) is 0 Å². The fourth-order valence-electron chi connectivity index (χ4n) is 2.10. The third-order valence-electron chi connectivity index (χ3n) is 3.15. The summed E-state index contributed by atoms with van der Waals surface area (Å²) in [6.45, 7) is 0.909. The molecule has 100 valence electrons. The molecule has 3 heteroatoms. The Morgan fingerprint density at radius 1 is 1.16 bits per heavy atom. The van der Waals surface area contributed by atoms with Gasteiger partial charge in [0.05, 0.1) is 7.11 Å². The number of hydrogen-bond acceptors (Lipinski definition) is 3. The summed E-state index contributed by atoms with van der Waals surface area (Å²) in [5, 5.41) is 13.0. The SMILES string of the molecule is CNCCc1ccc(-c2ccccc2O)cc1OC. The van der Waals surface area contributed by atoms with Crippen molar-refractivity contribution < 1.29 is 9.84 Å². The minimum Gasteiger partial charge on any atom is -0.507 e. The van der Waals surface area contributed by atoms with Crippen LogP contribution in [-0.4, -0.2) is 25.8 Å². The van der Waals surface area contributed by atoms with Gasteiger partial charge in [-0.05, 0) is 43.3 Å². The highest BCUT2D eigenvalue weighted by Gasteiger charge is 2.08. The van der Waals surface area contributed by atoms with Crippen molar-refractivity contribution in [1.82, 2.24) is 5.32 Å². The van der Waals surface area contributed by atoms with Crippen LogP contribution in [0, 0.1) is 0 Å². The van der Waals surface area contributed by atoms with Crippen molar-refractivity contribution in [2.75, 3.05) is 20.7 Å². The van der Waals surface area contributed by atoms with Crippen LogP contribution in [0.15, 0.2) is 42.5 Å². The van der Waals surface area contributed by atoms with Crippen molar-refractivity contribution in [2.45, 2.75) is 6.42 Å². The molecule has 0 amide bonds. The lowest BCUT2D eigenvalue weighted by Gasteiger charge is -2.11. The van der Waals surface area contributed by atoms with Gasteiger partial charge in [0.2, 0.25) is 0 Å². The summed E-state index contributed by atoms with van der Waals surface area (Å²) < 4.78 is 5.43. The summed E-state index contributed by atoms with van der Waals surface area (Å²) in [5.74, 6) is 1.14. The number of phenolic OH excluding ortho intramolecular Hbond substituents is 1. The van der Waals surface area contributed by atoms with Crippen molar-refractivity contribution >= 4 is 0 Å². The second kappa shape index (κ2) is 6.25. The normalized spacial score (nSPS) is 10.4. The van der Waals surface area contributed by atoms with Crippen LogP contribution in [0.4, 0.5) is 0 Å². The lowest BCUT2D eigenvalue weighted by Crippen LogP contribution is -2.10. The van der Waals surface area contributed by atoms with E-state index in [9.17, 15) is 5.11 Å². The number of aromatic hydroxyl groups is 1. The Hall–Kier alpha value is -2.00. The average molecular weight is 257 g/mol. The number of nitrogens with one attached hydrogen (secondary N) is 1. The van der Waals surface area contributed by atoms with E-state index in [-0.39, 0.29) is 5.75 Å². The molecule has 2 aromatic rings. The number of para-hydroxylation sites is 1. The topological polar surface area (TPSA) is 41.5 Å². The first kappa shape index (κ1) is 13.4. The van der Waals surface area contributed by atoms with Gasteiger partial charge in [-0.2, -0.15) is 0 Å². The Balaban J connectivity index is 2.36. The predicted octanol–water partition coefficient (Wildman–Crippen LogP) is 2.83.